The predicted molar refractivity (Wildman–Crippen MR) is 135 cm³/mol. The molecule has 0 radical (unpaired) electrons. The van der Waals surface area contributed by atoms with Gasteiger partial charge in [-0.1, -0.05) is 6.07 Å². The van der Waals surface area contributed by atoms with Gasteiger partial charge in [0.05, 0.1) is 31.4 Å². The Morgan fingerprint density at radius 1 is 1.21 bits per heavy atom. The molecule has 1 aromatic heterocycles. The Morgan fingerprint density at radius 3 is 2.63 bits per heavy atom. The first-order valence-corrected chi connectivity index (χ1v) is 11.9. The molecule has 1 fully saturated rings. The number of hydrogen-bond donors (Lipinski definition) is 2. The summed E-state index contributed by atoms with van der Waals surface area (Å²) in [5.41, 5.74) is 6.92. The fourth-order valence-electron chi connectivity index (χ4n) is 3.65. The van der Waals surface area contributed by atoms with Crippen LogP contribution in [0.15, 0.2) is 40.8 Å². The second kappa shape index (κ2) is 12.9. The maximum Gasteiger partial charge on any atom is 0.387 e. The number of carbonyl (C=O) groups is 1. The van der Waals surface area contributed by atoms with Crippen LogP contribution in [-0.4, -0.2) is 30.7 Å². The summed E-state index contributed by atoms with van der Waals surface area (Å²) >= 11 is 0. The fraction of sp³-hybridized carbons (Fsp3) is 0.385. The average Bonchev–Trinajstić information content (AvgIpc) is 3.59. The van der Waals surface area contributed by atoms with Crippen LogP contribution in [0.3, 0.4) is 0 Å². The van der Waals surface area contributed by atoms with Crippen LogP contribution in [0.1, 0.15) is 54.5 Å². The lowest BCUT2D eigenvalue weighted by Crippen LogP contribution is -2.25. The number of halogens is 4. The third-order valence-corrected chi connectivity index (χ3v) is 5.64. The summed E-state index contributed by atoms with van der Waals surface area (Å²) in [6, 6.07) is 7.91. The molecule has 0 spiro atoms. The van der Waals surface area contributed by atoms with Gasteiger partial charge in [0, 0.05) is 5.56 Å². The first-order chi connectivity index (χ1) is 17.8. The molecule has 1 aliphatic carbocycles. The molecule has 1 heterocycles. The van der Waals surface area contributed by atoms with Gasteiger partial charge >= 0.3 is 6.61 Å². The van der Waals surface area contributed by atoms with Crippen LogP contribution in [0.5, 0.6) is 17.2 Å². The van der Waals surface area contributed by atoms with Crippen molar-refractivity contribution in [1.29, 1.82) is 0 Å². The molecular weight excluding hydrogens is 527 g/mol. The van der Waals surface area contributed by atoms with Crippen molar-refractivity contribution in [1.82, 2.24) is 10.3 Å². The van der Waals surface area contributed by atoms with Crippen molar-refractivity contribution in [2.24, 2.45) is 11.7 Å². The lowest BCUT2D eigenvalue weighted by atomic mass is 10.1. The van der Waals surface area contributed by atoms with E-state index in [1.54, 1.807) is 13.8 Å². The Kier molecular flexibility index (Phi) is 9.87. The van der Waals surface area contributed by atoms with Crippen molar-refractivity contribution >= 4 is 18.3 Å². The van der Waals surface area contributed by atoms with Gasteiger partial charge in [-0.3, -0.25) is 4.79 Å². The Hall–Kier alpha value is -3.44. The van der Waals surface area contributed by atoms with Crippen molar-refractivity contribution in [3.8, 4) is 28.7 Å². The van der Waals surface area contributed by atoms with Crippen molar-refractivity contribution in [2.75, 3.05) is 13.2 Å². The Balaban J connectivity index is 0.00000400. The van der Waals surface area contributed by atoms with Gasteiger partial charge in [0.15, 0.2) is 23.1 Å². The Labute approximate surface area is 224 Å². The van der Waals surface area contributed by atoms with Gasteiger partial charge in [0.2, 0.25) is 5.89 Å². The van der Waals surface area contributed by atoms with Crippen molar-refractivity contribution in [3.05, 3.63) is 59.2 Å². The van der Waals surface area contributed by atoms with E-state index in [9.17, 15) is 18.0 Å². The molecule has 8 nitrogen and oxygen atoms in total. The molecule has 1 amide bonds. The third-order valence-electron chi connectivity index (χ3n) is 5.64. The first kappa shape index (κ1) is 29.1. The molecule has 0 unspecified atom stereocenters. The van der Waals surface area contributed by atoms with Crippen LogP contribution < -0.4 is 25.3 Å². The number of aromatic nitrogens is 1. The first-order valence-electron chi connectivity index (χ1n) is 11.9. The second-order valence-corrected chi connectivity index (χ2v) is 8.65. The minimum atomic E-state index is -3.00. The summed E-state index contributed by atoms with van der Waals surface area (Å²) < 4.78 is 61.3. The van der Waals surface area contributed by atoms with E-state index >= 15 is 0 Å². The number of nitrogens with zero attached hydrogens (tertiary/aromatic N) is 1. The van der Waals surface area contributed by atoms with Crippen LogP contribution in [-0.2, 0) is 6.54 Å². The number of oxazole rings is 1. The van der Waals surface area contributed by atoms with E-state index in [-0.39, 0.29) is 54.3 Å². The number of benzene rings is 2. The van der Waals surface area contributed by atoms with Crippen LogP contribution in [0.4, 0.5) is 13.2 Å². The van der Waals surface area contributed by atoms with E-state index < -0.39 is 24.4 Å². The zero-order valence-electron chi connectivity index (χ0n) is 20.8. The molecule has 0 bridgehead atoms. The molecule has 1 aliphatic rings. The van der Waals surface area contributed by atoms with E-state index in [1.807, 2.05) is 0 Å². The normalized spacial score (nSPS) is 13.6. The number of carbonyl (C=O) groups excluding carboxylic acids is 1. The summed E-state index contributed by atoms with van der Waals surface area (Å²) in [7, 11) is 0. The zero-order chi connectivity index (χ0) is 26.5. The number of alkyl halides is 2. The highest BCUT2D eigenvalue weighted by Crippen LogP contribution is 2.37. The molecule has 2 aromatic carbocycles. The summed E-state index contributed by atoms with van der Waals surface area (Å²) in [6.45, 7) is 0.904. The SMILES string of the molecule is CCOc1c(F)cccc1C(=O)NCc1nc(-c2ccc(OC(F)F)c(OCC3CC3)c2)oc1[C@H](C)N.Cl. The molecule has 0 aliphatic heterocycles. The van der Waals surface area contributed by atoms with Gasteiger partial charge in [-0.05, 0) is 62.9 Å². The lowest BCUT2D eigenvalue weighted by molar-refractivity contribution is -0.0515. The van der Waals surface area contributed by atoms with E-state index in [0.717, 1.165) is 12.8 Å². The van der Waals surface area contributed by atoms with Crippen LogP contribution in [0.2, 0.25) is 0 Å². The minimum Gasteiger partial charge on any atom is -0.490 e. The standard InChI is InChI=1S/C26H28F3N3O5.ClH/c1-3-34-23-17(5-4-6-18(23)27)24(33)31-12-19-22(14(2)30)37-25(32-19)16-9-10-20(36-26(28)29)21(11-16)35-13-15-7-8-15;/h4-6,9-11,14-15,26H,3,7-8,12-13,30H2,1-2H3,(H,31,33);1H/t14-;/m0./s1. The predicted octanol–water partition coefficient (Wildman–Crippen LogP) is 5.64. The number of rotatable bonds is 12. The summed E-state index contributed by atoms with van der Waals surface area (Å²) in [5, 5.41) is 2.69. The molecular formula is C26H29ClF3N3O5. The Morgan fingerprint density at radius 2 is 1.97 bits per heavy atom. The van der Waals surface area contributed by atoms with E-state index in [0.29, 0.717) is 29.5 Å². The second-order valence-electron chi connectivity index (χ2n) is 8.65. The average molecular weight is 556 g/mol. The van der Waals surface area contributed by atoms with E-state index in [1.165, 1.54) is 36.4 Å². The van der Waals surface area contributed by atoms with Crippen LogP contribution >= 0.6 is 12.4 Å². The Bertz CT molecular complexity index is 1250. The zero-order valence-corrected chi connectivity index (χ0v) is 21.7. The number of ether oxygens (including phenoxy) is 3. The molecule has 206 valence electrons. The molecule has 4 rings (SSSR count). The molecule has 38 heavy (non-hydrogen) atoms. The summed E-state index contributed by atoms with van der Waals surface area (Å²) in [6.07, 6.45) is 2.05. The third kappa shape index (κ3) is 7.11. The van der Waals surface area contributed by atoms with Gasteiger partial charge in [0.25, 0.3) is 5.91 Å². The molecule has 3 N–H and O–H groups in total. The maximum atomic E-state index is 14.1. The van der Waals surface area contributed by atoms with Crippen LogP contribution in [0.25, 0.3) is 11.5 Å². The molecule has 0 saturated heterocycles. The number of para-hydroxylation sites is 1. The smallest absolute Gasteiger partial charge is 0.387 e. The topological polar surface area (TPSA) is 109 Å². The van der Waals surface area contributed by atoms with Gasteiger partial charge in [-0.15, -0.1) is 12.4 Å². The van der Waals surface area contributed by atoms with Crippen LogP contribution in [0, 0.1) is 11.7 Å². The van der Waals surface area contributed by atoms with Crippen molar-refractivity contribution in [3.63, 3.8) is 0 Å². The largest absolute Gasteiger partial charge is 0.490 e. The highest BCUT2D eigenvalue weighted by molar-refractivity contribution is 5.97. The summed E-state index contributed by atoms with van der Waals surface area (Å²) in [5.74, 6) is -0.404. The summed E-state index contributed by atoms with van der Waals surface area (Å²) in [4.78, 5) is 17.3. The van der Waals surface area contributed by atoms with E-state index in [2.05, 4.69) is 15.0 Å². The highest BCUT2D eigenvalue weighted by atomic mass is 35.5. The number of amides is 1. The van der Waals surface area contributed by atoms with Gasteiger partial charge < -0.3 is 29.7 Å². The minimum absolute atomic E-state index is 0. The molecule has 1 atom stereocenters. The van der Waals surface area contributed by atoms with E-state index in [4.69, 9.17) is 19.6 Å². The van der Waals surface area contributed by atoms with Crippen molar-refractivity contribution in [2.45, 2.75) is 45.9 Å². The molecule has 3 aromatic rings. The monoisotopic (exact) mass is 555 g/mol. The number of nitrogens with two attached hydrogens (primary N) is 1. The van der Waals surface area contributed by atoms with Gasteiger partial charge in [-0.25, -0.2) is 9.37 Å². The van der Waals surface area contributed by atoms with Crippen molar-refractivity contribution < 1.29 is 36.6 Å². The van der Waals surface area contributed by atoms with Gasteiger partial charge in [-0.2, -0.15) is 8.78 Å². The number of hydrogen-bond acceptors (Lipinski definition) is 7. The number of nitrogens with one attached hydrogen (secondary N) is 1. The highest BCUT2D eigenvalue weighted by Gasteiger charge is 2.25. The molecule has 12 heteroatoms. The fourth-order valence-corrected chi connectivity index (χ4v) is 3.65. The maximum absolute atomic E-state index is 14.1. The molecule has 1 saturated carbocycles. The van der Waals surface area contributed by atoms with Gasteiger partial charge in [0.1, 0.15) is 11.5 Å². The quantitative estimate of drug-likeness (QED) is 0.297. The lowest BCUT2D eigenvalue weighted by Gasteiger charge is -2.12.